The Kier molecular flexibility index (Phi) is 6.92. The van der Waals surface area contributed by atoms with Crippen molar-refractivity contribution in [2.75, 3.05) is 48.7 Å². The second-order valence-corrected chi connectivity index (χ2v) is 8.55. The van der Waals surface area contributed by atoms with Crippen molar-refractivity contribution >= 4 is 40.1 Å². The highest BCUT2D eigenvalue weighted by Gasteiger charge is 2.31. The highest BCUT2D eigenvalue weighted by molar-refractivity contribution is 7.99. The van der Waals surface area contributed by atoms with E-state index in [-0.39, 0.29) is 11.7 Å². The van der Waals surface area contributed by atoms with Crippen LogP contribution in [-0.4, -0.2) is 59.3 Å². The van der Waals surface area contributed by atoms with Gasteiger partial charge in [-0.25, -0.2) is 9.97 Å². The lowest BCUT2D eigenvalue weighted by atomic mass is 10.1. The van der Waals surface area contributed by atoms with E-state index in [1.165, 1.54) is 17.8 Å². The van der Waals surface area contributed by atoms with Gasteiger partial charge in [0.15, 0.2) is 5.16 Å². The molecule has 1 aliphatic rings. The maximum atomic E-state index is 13.0. The number of benzene rings is 2. The number of fused-ring (bicyclic) bond motifs is 1. The average Bonchev–Trinajstić information content (AvgIpc) is 2.82. The van der Waals surface area contributed by atoms with Crippen LogP contribution in [0.25, 0.3) is 10.9 Å². The Labute approximate surface area is 194 Å². The van der Waals surface area contributed by atoms with Crippen LogP contribution in [0.5, 0.6) is 0 Å². The molecule has 0 radical (unpaired) electrons. The molecule has 0 bridgehead atoms. The lowest BCUT2D eigenvalue weighted by Gasteiger charge is -2.36. The topological polar surface area (TPSA) is 61.4 Å². The second kappa shape index (κ2) is 9.86. The molecule has 0 saturated carbocycles. The van der Waals surface area contributed by atoms with Crippen molar-refractivity contribution in [2.45, 2.75) is 18.3 Å². The van der Waals surface area contributed by atoms with Gasteiger partial charge in [0, 0.05) is 43.8 Å². The molecule has 1 aliphatic heterocycles. The second-order valence-electron chi connectivity index (χ2n) is 7.61. The van der Waals surface area contributed by atoms with Crippen LogP contribution in [0.15, 0.2) is 53.7 Å². The van der Waals surface area contributed by atoms with Gasteiger partial charge in [0.1, 0.15) is 5.82 Å². The molecule has 0 spiro atoms. The first kappa shape index (κ1) is 23.2. The zero-order valence-corrected chi connectivity index (χ0v) is 18.9. The van der Waals surface area contributed by atoms with Crippen molar-refractivity contribution in [3.8, 4) is 0 Å². The van der Waals surface area contributed by atoms with Crippen LogP contribution < -0.4 is 10.2 Å². The number of alkyl halides is 3. The lowest BCUT2D eigenvalue weighted by Crippen LogP contribution is -2.49. The molecule has 0 aliphatic carbocycles. The highest BCUT2D eigenvalue weighted by Crippen LogP contribution is 2.32. The van der Waals surface area contributed by atoms with Gasteiger partial charge in [-0.1, -0.05) is 30.0 Å². The van der Waals surface area contributed by atoms with Crippen molar-refractivity contribution in [1.29, 1.82) is 0 Å². The third-order valence-corrected chi connectivity index (χ3v) is 6.25. The molecule has 1 N–H and O–H groups in total. The van der Waals surface area contributed by atoms with Gasteiger partial charge in [-0.3, -0.25) is 4.79 Å². The first-order valence-corrected chi connectivity index (χ1v) is 11.7. The third kappa shape index (κ3) is 5.50. The van der Waals surface area contributed by atoms with Crippen molar-refractivity contribution < 1.29 is 18.0 Å². The summed E-state index contributed by atoms with van der Waals surface area (Å²) in [7, 11) is 0. The predicted octanol–water partition coefficient (Wildman–Crippen LogP) is 4.52. The minimum Gasteiger partial charge on any atom is -0.370 e. The van der Waals surface area contributed by atoms with E-state index in [0.717, 1.165) is 35.4 Å². The Bertz CT molecular complexity index is 1130. The molecule has 10 heteroatoms. The van der Waals surface area contributed by atoms with E-state index < -0.39 is 11.7 Å². The smallest absolute Gasteiger partial charge is 0.370 e. The van der Waals surface area contributed by atoms with Gasteiger partial charge in [0.25, 0.3) is 0 Å². The predicted molar refractivity (Wildman–Crippen MR) is 125 cm³/mol. The minimum atomic E-state index is -4.37. The van der Waals surface area contributed by atoms with E-state index in [1.807, 2.05) is 36.1 Å². The van der Waals surface area contributed by atoms with Crippen LogP contribution in [0.1, 0.15) is 12.5 Å². The number of carbonyl (C=O) groups excluding carboxylic acids is 1. The lowest BCUT2D eigenvalue weighted by molar-refractivity contribution is -0.137. The molecular weight excluding hydrogens is 451 g/mol. The van der Waals surface area contributed by atoms with Gasteiger partial charge >= 0.3 is 6.18 Å². The molecule has 1 aromatic heterocycles. The van der Waals surface area contributed by atoms with Crippen LogP contribution in [0.2, 0.25) is 0 Å². The Balaban J connectivity index is 1.35. The summed E-state index contributed by atoms with van der Waals surface area (Å²) in [4.78, 5) is 25.5. The number of piperazine rings is 1. The Morgan fingerprint density at radius 2 is 1.82 bits per heavy atom. The molecule has 1 fully saturated rings. The highest BCUT2D eigenvalue weighted by atomic mass is 32.2. The summed E-state index contributed by atoms with van der Waals surface area (Å²) in [5.41, 5.74) is 0.669. The van der Waals surface area contributed by atoms with Crippen LogP contribution in [0.4, 0.5) is 24.7 Å². The van der Waals surface area contributed by atoms with Crippen LogP contribution >= 0.6 is 11.8 Å². The van der Waals surface area contributed by atoms with Crippen LogP contribution in [-0.2, 0) is 11.0 Å². The third-order valence-electron chi connectivity index (χ3n) is 5.42. The molecule has 4 rings (SSSR count). The molecule has 2 aromatic carbocycles. The zero-order chi connectivity index (χ0) is 23.4. The van der Waals surface area contributed by atoms with E-state index in [4.69, 9.17) is 0 Å². The zero-order valence-electron chi connectivity index (χ0n) is 18.1. The summed E-state index contributed by atoms with van der Waals surface area (Å²) in [6.45, 7) is 4.59. The molecule has 3 aromatic rings. The van der Waals surface area contributed by atoms with Crippen molar-refractivity contribution in [3.63, 3.8) is 0 Å². The number of rotatable bonds is 6. The SMILES string of the molecule is CCNc1nc(SCC(=O)N2CCN(c3cccc(C(F)(F)F)c3)CC2)nc2ccccc12. The van der Waals surface area contributed by atoms with Gasteiger partial charge in [0.05, 0.1) is 16.8 Å². The number of hydrogen-bond donors (Lipinski definition) is 1. The number of aromatic nitrogens is 2. The van der Waals surface area contributed by atoms with Crippen LogP contribution in [0.3, 0.4) is 0 Å². The first-order chi connectivity index (χ1) is 15.8. The molecule has 174 valence electrons. The van der Waals surface area contributed by atoms with E-state index in [0.29, 0.717) is 37.0 Å². The molecule has 2 heterocycles. The fraction of sp³-hybridized carbons (Fsp3) is 0.348. The Morgan fingerprint density at radius 1 is 1.06 bits per heavy atom. The maximum absolute atomic E-state index is 13.0. The van der Waals surface area contributed by atoms with E-state index in [2.05, 4.69) is 15.3 Å². The number of carbonyl (C=O) groups is 1. The molecule has 1 saturated heterocycles. The van der Waals surface area contributed by atoms with E-state index in [9.17, 15) is 18.0 Å². The summed E-state index contributed by atoms with van der Waals surface area (Å²) in [6.07, 6.45) is -4.37. The summed E-state index contributed by atoms with van der Waals surface area (Å²) in [5.74, 6) is 0.909. The van der Waals surface area contributed by atoms with Crippen molar-refractivity contribution in [2.24, 2.45) is 0 Å². The molecule has 0 unspecified atom stereocenters. The average molecular weight is 476 g/mol. The summed E-state index contributed by atoms with van der Waals surface area (Å²) >= 11 is 1.29. The maximum Gasteiger partial charge on any atom is 0.416 e. The van der Waals surface area contributed by atoms with Gasteiger partial charge in [-0.05, 0) is 37.3 Å². The summed E-state index contributed by atoms with van der Waals surface area (Å²) in [6, 6.07) is 13.0. The summed E-state index contributed by atoms with van der Waals surface area (Å²) in [5, 5.41) is 4.70. The minimum absolute atomic E-state index is 0.0366. The van der Waals surface area contributed by atoms with E-state index >= 15 is 0 Å². The van der Waals surface area contributed by atoms with Crippen molar-refractivity contribution in [3.05, 3.63) is 54.1 Å². The number of amides is 1. The number of halogens is 3. The molecule has 0 atom stereocenters. The largest absolute Gasteiger partial charge is 0.416 e. The Morgan fingerprint density at radius 3 is 2.55 bits per heavy atom. The normalized spacial score (nSPS) is 14.5. The molecule has 33 heavy (non-hydrogen) atoms. The van der Waals surface area contributed by atoms with Gasteiger partial charge < -0.3 is 15.1 Å². The quantitative estimate of drug-likeness (QED) is 0.418. The molecular formula is C23H24F3N5OS. The fourth-order valence-corrected chi connectivity index (χ4v) is 4.49. The Hall–Kier alpha value is -3.01. The number of hydrogen-bond acceptors (Lipinski definition) is 6. The number of anilines is 2. The molecule has 6 nitrogen and oxygen atoms in total. The van der Waals surface area contributed by atoms with Gasteiger partial charge in [0.2, 0.25) is 5.91 Å². The standard InChI is InChI=1S/C23H24F3N5OS/c1-2-27-21-18-8-3-4-9-19(18)28-22(29-21)33-15-20(32)31-12-10-30(11-13-31)17-7-5-6-16(14-17)23(24,25)26/h3-9,14H,2,10-13,15H2,1H3,(H,27,28,29). The fourth-order valence-electron chi connectivity index (χ4n) is 3.73. The van der Waals surface area contributed by atoms with E-state index in [1.54, 1.807) is 11.0 Å². The number of nitrogens with one attached hydrogen (secondary N) is 1. The first-order valence-electron chi connectivity index (χ1n) is 10.7. The number of nitrogens with zero attached hydrogens (tertiary/aromatic N) is 4. The number of para-hydroxylation sites is 1. The monoisotopic (exact) mass is 475 g/mol. The number of thioether (sulfide) groups is 1. The van der Waals surface area contributed by atoms with Crippen molar-refractivity contribution in [1.82, 2.24) is 14.9 Å². The summed E-state index contributed by atoms with van der Waals surface area (Å²) < 4.78 is 39.0. The molecule has 1 amide bonds. The van der Waals surface area contributed by atoms with Gasteiger partial charge in [-0.2, -0.15) is 13.2 Å². The van der Waals surface area contributed by atoms with Gasteiger partial charge in [-0.15, -0.1) is 0 Å². The van der Waals surface area contributed by atoms with Crippen LogP contribution in [0, 0.1) is 0 Å².